The van der Waals surface area contributed by atoms with Gasteiger partial charge in [-0.1, -0.05) is 0 Å². The van der Waals surface area contributed by atoms with Gasteiger partial charge in [-0.2, -0.15) is 5.10 Å². The molecule has 0 bridgehead atoms. The Hall–Kier alpha value is -2.15. The van der Waals surface area contributed by atoms with Crippen molar-refractivity contribution in [2.75, 3.05) is 13.2 Å². The van der Waals surface area contributed by atoms with Crippen LogP contribution in [0.3, 0.4) is 0 Å². The van der Waals surface area contributed by atoms with E-state index in [0.29, 0.717) is 13.2 Å². The molecule has 2 atom stereocenters. The van der Waals surface area contributed by atoms with E-state index in [2.05, 4.69) is 20.5 Å². The molecule has 22 heavy (non-hydrogen) atoms. The summed E-state index contributed by atoms with van der Waals surface area (Å²) in [5.74, 6) is 0.898. The van der Waals surface area contributed by atoms with Crippen LogP contribution in [-0.4, -0.2) is 38.8 Å². The summed E-state index contributed by atoms with van der Waals surface area (Å²) < 4.78 is 7.72. The van der Waals surface area contributed by atoms with Gasteiger partial charge in [-0.3, -0.25) is 9.89 Å². The van der Waals surface area contributed by atoms with Crippen molar-refractivity contribution >= 4 is 5.91 Å². The quantitative estimate of drug-likeness (QED) is 0.890. The van der Waals surface area contributed by atoms with E-state index >= 15 is 0 Å². The molecule has 2 N–H and O–H groups in total. The first-order valence-corrected chi connectivity index (χ1v) is 7.46. The van der Waals surface area contributed by atoms with Gasteiger partial charge in [0.25, 0.3) is 5.91 Å². The molecule has 3 heterocycles. The zero-order chi connectivity index (χ0) is 15.7. The number of aromatic nitrogens is 4. The van der Waals surface area contributed by atoms with Crippen molar-refractivity contribution in [3.8, 4) is 0 Å². The molecule has 0 spiro atoms. The largest absolute Gasteiger partial charge is 0.370 e. The Morgan fingerprint density at radius 1 is 1.55 bits per heavy atom. The number of nitrogens with one attached hydrogen (secondary N) is 2. The second-order valence-corrected chi connectivity index (χ2v) is 5.76. The molecule has 0 aromatic carbocycles. The minimum atomic E-state index is -0.124. The average molecular weight is 303 g/mol. The van der Waals surface area contributed by atoms with Gasteiger partial charge in [0, 0.05) is 37.5 Å². The Morgan fingerprint density at radius 3 is 3.00 bits per heavy atom. The van der Waals surface area contributed by atoms with Crippen molar-refractivity contribution in [3.63, 3.8) is 0 Å². The van der Waals surface area contributed by atoms with E-state index in [9.17, 15) is 4.79 Å². The maximum absolute atomic E-state index is 12.4. The lowest BCUT2D eigenvalue weighted by molar-refractivity contribution is 0.0798. The summed E-state index contributed by atoms with van der Waals surface area (Å²) in [6.07, 6.45) is 2.25. The third-order valence-electron chi connectivity index (χ3n) is 4.46. The molecule has 3 rings (SSSR count). The van der Waals surface area contributed by atoms with Crippen LogP contribution < -0.4 is 5.32 Å². The summed E-state index contributed by atoms with van der Waals surface area (Å²) in [5, 5.41) is 9.73. The number of aromatic amines is 1. The van der Waals surface area contributed by atoms with Gasteiger partial charge in [-0.25, -0.2) is 4.98 Å². The van der Waals surface area contributed by atoms with Gasteiger partial charge in [0.2, 0.25) is 0 Å². The predicted molar refractivity (Wildman–Crippen MR) is 80.4 cm³/mol. The molecule has 1 saturated heterocycles. The van der Waals surface area contributed by atoms with Crippen LogP contribution in [0, 0.1) is 19.8 Å². The third kappa shape index (κ3) is 2.64. The number of carbonyl (C=O) groups excluding carboxylic acids is 1. The van der Waals surface area contributed by atoms with E-state index in [4.69, 9.17) is 4.74 Å². The molecule has 0 radical (unpaired) electrons. The van der Waals surface area contributed by atoms with Crippen LogP contribution in [0.4, 0.5) is 0 Å². The molecule has 0 aliphatic carbocycles. The van der Waals surface area contributed by atoms with Crippen LogP contribution in [0.1, 0.15) is 40.1 Å². The first-order valence-electron chi connectivity index (χ1n) is 7.46. The lowest BCUT2D eigenvalue weighted by Gasteiger charge is -2.16. The summed E-state index contributed by atoms with van der Waals surface area (Å²) in [4.78, 5) is 16.5. The molecular weight excluding hydrogens is 282 g/mol. The van der Waals surface area contributed by atoms with Crippen molar-refractivity contribution < 1.29 is 9.53 Å². The zero-order valence-corrected chi connectivity index (χ0v) is 13.1. The smallest absolute Gasteiger partial charge is 0.253 e. The molecule has 1 aliphatic heterocycles. The second-order valence-electron chi connectivity index (χ2n) is 5.76. The number of H-pyrrole nitrogens is 1. The number of rotatable bonds is 4. The minimum Gasteiger partial charge on any atom is -0.370 e. The highest BCUT2D eigenvalue weighted by molar-refractivity contribution is 5.95. The predicted octanol–water partition coefficient (Wildman–Crippen LogP) is 1.27. The molecule has 1 aliphatic rings. The van der Waals surface area contributed by atoms with Crippen molar-refractivity contribution in [2.24, 2.45) is 13.0 Å². The highest BCUT2D eigenvalue weighted by atomic mass is 16.5. The molecule has 0 saturated carbocycles. The van der Waals surface area contributed by atoms with Crippen molar-refractivity contribution in [3.05, 3.63) is 35.2 Å². The van der Waals surface area contributed by atoms with E-state index < -0.39 is 0 Å². The highest BCUT2D eigenvalue weighted by Crippen LogP contribution is 2.31. The molecule has 1 fully saturated rings. The van der Waals surface area contributed by atoms with Crippen LogP contribution in [0.5, 0.6) is 0 Å². The summed E-state index contributed by atoms with van der Waals surface area (Å²) in [5.41, 5.74) is 2.78. The number of hydrogen-bond acceptors (Lipinski definition) is 4. The van der Waals surface area contributed by atoms with E-state index in [1.54, 1.807) is 0 Å². The SMILES string of the molecule is Cc1cc(C(=O)NC[C@@H]2CCO[C@@H]2c2ncn[nH]2)c(C)n1C. The summed E-state index contributed by atoms with van der Waals surface area (Å²) in [6, 6.07) is 1.92. The van der Waals surface area contributed by atoms with Crippen LogP contribution in [0.2, 0.25) is 0 Å². The van der Waals surface area contributed by atoms with Crippen molar-refractivity contribution in [1.29, 1.82) is 0 Å². The molecule has 7 nitrogen and oxygen atoms in total. The lowest BCUT2D eigenvalue weighted by Crippen LogP contribution is -2.31. The minimum absolute atomic E-state index is 0.0376. The monoisotopic (exact) mass is 303 g/mol. The Morgan fingerprint density at radius 2 is 2.36 bits per heavy atom. The first-order chi connectivity index (χ1) is 10.6. The normalized spacial score (nSPS) is 21.2. The number of amides is 1. The standard InChI is InChI=1S/C15H21N5O2/c1-9-6-12(10(2)20(9)3)15(21)16-7-11-4-5-22-13(11)14-17-8-18-19-14/h6,8,11,13H,4-5,7H2,1-3H3,(H,16,21)(H,17,18,19)/t11-,13-/m0/s1. The fourth-order valence-electron chi connectivity index (χ4n) is 2.90. The molecule has 0 unspecified atom stereocenters. The highest BCUT2D eigenvalue weighted by Gasteiger charge is 2.32. The molecule has 118 valence electrons. The van der Waals surface area contributed by atoms with E-state index in [0.717, 1.165) is 29.2 Å². The fraction of sp³-hybridized carbons (Fsp3) is 0.533. The molecule has 1 amide bonds. The van der Waals surface area contributed by atoms with Gasteiger partial charge >= 0.3 is 0 Å². The van der Waals surface area contributed by atoms with Gasteiger partial charge < -0.3 is 14.6 Å². The average Bonchev–Trinajstić information content (AvgIpc) is 3.22. The van der Waals surface area contributed by atoms with E-state index in [1.165, 1.54) is 6.33 Å². The molecule has 2 aromatic rings. The maximum Gasteiger partial charge on any atom is 0.253 e. The Bertz CT molecular complexity index is 662. The number of hydrogen-bond donors (Lipinski definition) is 2. The maximum atomic E-state index is 12.4. The van der Waals surface area contributed by atoms with Crippen LogP contribution in [0.15, 0.2) is 12.4 Å². The Balaban J connectivity index is 1.64. The fourth-order valence-corrected chi connectivity index (χ4v) is 2.90. The van der Waals surface area contributed by atoms with E-state index in [-0.39, 0.29) is 17.9 Å². The van der Waals surface area contributed by atoms with Crippen molar-refractivity contribution in [1.82, 2.24) is 25.1 Å². The summed E-state index contributed by atoms with van der Waals surface area (Å²) in [6.45, 7) is 5.19. The van der Waals surface area contributed by atoms with Gasteiger partial charge in [-0.05, 0) is 26.3 Å². The number of nitrogens with zero attached hydrogens (tertiary/aromatic N) is 3. The number of carbonyl (C=O) groups is 1. The van der Waals surface area contributed by atoms with Gasteiger partial charge in [-0.15, -0.1) is 0 Å². The van der Waals surface area contributed by atoms with Gasteiger partial charge in [0.05, 0.1) is 5.56 Å². The van der Waals surface area contributed by atoms with Crippen LogP contribution in [0.25, 0.3) is 0 Å². The number of ether oxygens (including phenoxy) is 1. The molecule has 2 aromatic heterocycles. The second kappa shape index (κ2) is 5.92. The Kier molecular flexibility index (Phi) is 3.98. The Labute approximate surface area is 129 Å². The lowest BCUT2D eigenvalue weighted by atomic mass is 10.0. The summed E-state index contributed by atoms with van der Waals surface area (Å²) in [7, 11) is 1.96. The topological polar surface area (TPSA) is 84.8 Å². The van der Waals surface area contributed by atoms with Crippen LogP contribution in [-0.2, 0) is 11.8 Å². The van der Waals surface area contributed by atoms with Gasteiger partial charge in [0.15, 0.2) is 5.82 Å². The van der Waals surface area contributed by atoms with E-state index in [1.807, 2.05) is 31.5 Å². The zero-order valence-electron chi connectivity index (χ0n) is 13.1. The number of aryl methyl sites for hydroxylation is 1. The molecular formula is C15H21N5O2. The third-order valence-corrected chi connectivity index (χ3v) is 4.46. The van der Waals surface area contributed by atoms with Crippen LogP contribution >= 0.6 is 0 Å². The molecule has 7 heteroatoms. The van der Waals surface area contributed by atoms with Gasteiger partial charge in [0.1, 0.15) is 12.4 Å². The van der Waals surface area contributed by atoms with Crippen molar-refractivity contribution in [2.45, 2.75) is 26.4 Å². The first kappa shape index (κ1) is 14.8. The summed E-state index contributed by atoms with van der Waals surface area (Å²) >= 11 is 0.